The first-order chi connectivity index (χ1) is 13.7. The summed E-state index contributed by atoms with van der Waals surface area (Å²) >= 11 is 0. The van der Waals surface area contributed by atoms with Crippen molar-refractivity contribution >= 4 is 17.4 Å². The van der Waals surface area contributed by atoms with E-state index >= 15 is 0 Å². The molecular weight excluding hydrogens is 358 g/mol. The van der Waals surface area contributed by atoms with E-state index in [0.29, 0.717) is 17.2 Å². The molecule has 0 atom stereocenters. The molecule has 28 heavy (non-hydrogen) atoms. The van der Waals surface area contributed by atoms with Gasteiger partial charge in [-0.3, -0.25) is 4.79 Å². The number of nitrogens with one attached hydrogen (secondary N) is 1. The molecule has 0 bridgehead atoms. The van der Waals surface area contributed by atoms with Crippen molar-refractivity contribution in [1.29, 1.82) is 0 Å². The van der Waals surface area contributed by atoms with E-state index in [4.69, 9.17) is 0 Å². The lowest BCUT2D eigenvalue weighted by atomic mass is 10.0. The number of carbonyl (C=O) groups is 1. The smallest absolute Gasteiger partial charge is 0.279 e. The number of hydrogen-bond acceptors (Lipinski definition) is 7. The van der Waals surface area contributed by atoms with Crippen LogP contribution in [0.1, 0.15) is 40.4 Å². The largest absolute Gasteiger partial charge is 0.320 e. The number of aryl methyl sites for hydroxylation is 3. The number of carbonyl (C=O) groups excluding carboxylic acids is 1. The fourth-order valence-corrected chi connectivity index (χ4v) is 3.35. The van der Waals surface area contributed by atoms with Gasteiger partial charge in [-0.15, -0.1) is 0 Å². The number of aromatic nitrogens is 6. The summed E-state index contributed by atoms with van der Waals surface area (Å²) < 4.78 is 6.31. The fourth-order valence-electron chi connectivity index (χ4n) is 3.35. The number of rotatable bonds is 3. The van der Waals surface area contributed by atoms with Crippen molar-refractivity contribution in [2.75, 3.05) is 5.32 Å². The van der Waals surface area contributed by atoms with Crippen LogP contribution in [0.15, 0.2) is 35.1 Å². The lowest BCUT2D eigenvalue weighted by molar-refractivity contribution is 0.101. The van der Waals surface area contributed by atoms with Crippen molar-refractivity contribution in [2.45, 2.75) is 32.6 Å². The molecule has 1 N–H and O–H groups in total. The van der Waals surface area contributed by atoms with Gasteiger partial charge in [-0.2, -0.15) is 5.10 Å². The summed E-state index contributed by atoms with van der Waals surface area (Å²) in [5.41, 5.74) is 5.10. The normalized spacial score (nSPS) is 13.5. The van der Waals surface area contributed by atoms with Gasteiger partial charge in [0.15, 0.2) is 5.69 Å². The maximum Gasteiger partial charge on any atom is 0.279 e. The van der Waals surface area contributed by atoms with E-state index in [1.807, 2.05) is 30.5 Å². The minimum absolute atomic E-state index is 0.172. The van der Waals surface area contributed by atoms with Crippen LogP contribution in [0.3, 0.4) is 0 Å². The number of hydrogen-bond donors (Lipinski definition) is 1. The van der Waals surface area contributed by atoms with Crippen LogP contribution in [0.2, 0.25) is 0 Å². The standard InChI is InChI=1S/C19H17N7O2/c1-11-17(25-28-24-11)18(27)20-13-8-6-12(7-9-13)16-10-26-19(22-16)21-14-4-2-3-5-15(14)23-26/h6-10H,2-5H2,1H3,(H,20,27). The van der Waals surface area contributed by atoms with Crippen molar-refractivity contribution < 1.29 is 9.42 Å². The summed E-state index contributed by atoms with van der Waals surface area (Å²) in [6.07, 6.45) is 6.14. The molecule has 1 amide bonds. The van der Waals surface area contributed by atoms with E-state index in [0.717, 1.165) is 48.3 Å². The number of nitrogens with zero attached hydrogens (tertiary/aromatic N) is 6. The quantitative estimate of drug-likeness (QED) is 0.586. The SMILES string of the molecule is Cc1nonc1C(=O)Nc1ccc(-c2cn3nc4c(nc3n2)CCCC4)cc1. The Kier molecular flexibility index (Phi) is 3.85. The number of imidazole rings is 1. The van der Waals surface area contributed by atoms with Gasteiger partial charge in [-0.25, -0.2) is 19.1 Å². The first-order valence-corrected chi connectivity index (χ1v) is 9.13. The Morgan fingerprint density at radius 3 is 2.61 bits per heavy atom. The summed E-state index contributed by atoms with van der Waals surface area (Å²) in [5, 5.41) is 14.7. The molecule has 0 fully saturated rings. The molecule has 0 saturated heterocycles. The molecule has 140 valence electrons. The number of fused-ring (bicyclic) bond motifs is 2. The minimum Gasteiger partial charge on any atom is -0.320 e. The average Bonchev–Trinajstić information content (AvgIpc) is 3.32. The Labute approximate surface area is 159 Å². The van der Waals surface area contributed by atoms with Gasteiger partial charge in [0.25, 0.3) is 11.7 Å². The Bertz CT molecular complexity index is 1130. The summed E-state index contributed by atoms with van der Waals surface area (Å²) in [5.74, 6) is 0.250. The summed E-state index contributed by atoms with van der Waals surface area (Å²) in [7, 11) is 0. The zero-order chi connectivity index (χ0) is 19.1. The number of anilines is 1. The third kappa shape index (κ3) is 2.90. The van der Waals surface area contributed by atoms with E-state index in [1.54, 1.807) is 11.4 Å². The van der Waals surface area contributed by atoms with Crippen LogP contribution in [0.5, 0.6) is 0 Å². The Balaban J connectivity index is 1.39. The monoisotopic (exact) mass is 375 g/mol. The molecule has 1 aliphatic rings. The van der Waals surface area contributed by atoms with Gasteiger partial charge in [-0.1, -0.05) is 17.3 Å². The Morgan fingerprint density at radius 2 is 1.86 bits per heavy atom. The molecule has 5 rings (SSSR count). The van der Waals surface area contributed by atoms with E-state index in [9.17, 15) is 4.79 Å². The lowest BCUT2D eigenvalue weighted by Crippen LogP contribution is -2.13. The first kappa shape index (κ1) is 16.5. The predicted octanol–water partition coefficient (Wildman–Crippen LogP) is 2.61. The molecule has 9 heteroatoms. The molecule has 1 aromatic carbocycles. The van der Waals surface area contributed by atoms with Crippen molar-refractivity contribution in [3.8, 4) is 11.3 Å². The summed E-state index contributed by atoms with van der Waals surface area (Å²) in [4.78, 5) is 21.5. The molecule has 4 aromatic rings. The highest BCUT2D eigenvalue weighted by molar-refractivity contribution is 6.03. The molecule has 9 nitrogen and oxygen atoms in total. The molecule has 1 aliphatic carbocycles. The van der Waals surface area contributed by atoms with Gasteiger partial charge in [0.1, 0.15) is 5.69 Å². The van der Waals surface area contributed by atoms with Crippen molar-refractivity contribution in [2.24, 2.45) is 0 Å². The van der Waals surface area contributed by atoms with Crippen LogP contribution >= 0.6 is 0 Å². The van der Waals surface area contributed by atoms with Gasteiger partial charge < -0.3 is 5.32 Å². The fraction of sp³-hybridized carbons (Fsp3) is 0.263. The Hall–Kier alpha value is -3.62. The zero-order valence-electron chi connectivity index (χ0n) is 15.2. The first-order valence-electron chi connectivity index (χ1n) is 9.13. The van der Waals surface area contributed by atoms with Crippen LogP contribution in [-0.4, -0.2) is 35.8 Å². The predicted molar refractivity (Wildman–Crippen MR) is 99.8 cm³/mol. The third-order valence-electron chi connectivity index (χ3n) is 4.85. The molecule has 0 unspecified atom stereocenters. The minimum atomic E-state index is -0.363. The van der Waals surface area contributed by atoms with Gasteiger partial charge in [0.2, 0.25) is 0 Å². The van der Waals surface area contributed by atoms with Crippen molar-refractivity contribution in [3.63, 3.8) is 0 Å². The van der Waals surface area contributed by atoms with Gasteiger partial charge in [0.05, 0.1) is 23.3 Å². The van der Waals surface area contributed by atoms with E-state index in [2.05, 4.69) is 35.3 Å². The lowest BCUT2D eigenvalue weighted by Gasteiger charge is -2.12. The second kappa shape index (κ2) is 6.52. The average molecular weight is 375 g/mol. The van der Waals surface area contributed by atoms with Crippen LogP contribution in [0.4, 0.5) is 5.69 Å². The zero-order valence-corrected chi connectivity index (χ0v) is 15.2. The maximum absolute atomic E-state index is 12.2. The highest BCUT2D eigenvalue weighted by Crippen LogP contribution is 2.23. The highest BCUT2D eigenvalue weighted by Gasteiger charge is 2.17. The third-order valence-corrected chi connectivity index (χ3v) is 4.85. The van der Waals surface area contributed by atoms with Crippen LogP contribution in [-0.2, 0) is 12.8 Å². The van der Waals surface area contributed by atoms with Gasteiger partial charge in [0, 0.05) is 11.3 Å². The maximum atomic E-state index is 12.2. The molecule has 0 saturated carbocycles. The second-order valence-electron chi connectivity index (χ2n) is 6.81. The molecule has 3 heterocycles. The molecular formula is C19H17N7O2. The van der Waals surface area contributed by atoms with Crippen LogP contribution in [0.25, 0.3) is 17.0 Å². The second-order valence-corrected chi connectivity index (χ2v) is 6.81. The number of amides is 1. The van der Waals surface area contributed by atoms with Gasteiger partial charge in [-0.05, 0) is 49.9 Å². The van der Waals surface area contributed by atoms with E-state index in [1.165, 1.54) is 0 Å². The van der Waals surface area contributed by atoms with E-state index < -0.39 is 0 Å². The molecule has 0 aliphatic heterocycles. The van der Waals surface area contributed by atoms with E-state index in [-0.39, 0.29) is 11.6 Å². The highest BCUT2D eigenvalue weighted by atomic mass is 16.6. The topological polar surface area (TPSA) is 111 Å². The van der Waals surface area contributed by atoms with Crippen molar-refractivity contribution in [1.82, 2.24) is 29.9 Å². The summed E-state index contributed by atoms with van der Waals surface area (Å²) in [6, 6.07) is 7.41. The molecule has 3 aromatic heterocycles. The van der Waals surface area contributed by atoms with Crippen LogP contribution in [0, 0.1) is 6.92 Å². The number of benzene rings is 1. The van der Waals surface area contributed by atoms with Gasteiger partial charge >= 0.3 is 0 Å². The Morgan fingerprint density at radius 1 is 1.07 bits per heavy atom. The molecule has 0 radical (unpaired) electrons. The van der Waals surface area contributed by atoms with Crippen LogP contribution < -0.4 is 5.32 Å². The van der Waals surface area contributed by atoms with Crippen molar-refractivity contribution in [3.05, 3.63) is 53.2 Å². The summed E-state index contributed by atoms with van der Waals surface area (Å²) in [6.45, 7) is 1.66. The molecule has 0 spiro atoms.